The van der Waals surface area contributed by atoms with Gasteiger partial charge in [0.15, 0.2) is 0 Å². The fourth-order valence-electron chi connectivity index (χ4n) is 1.36. The Balaban J connectivity index is 1.97. The molecule has 1 aliphatic rings. The number of halogens is 1. The number of likely N-dealkylation sites (tertiary alicyclic amines) is 1. The van der Waals surface area contributed by atoms with Crippen LogP contribution in [0.4, 0.5) is 4.79 Å². The first-order chi connectivity index (χ1) is 6.16. The van der Waals surface area contributed by atoms with Gasteiger partial charge in [0.1, 0.15) is 0 Å². The maximum Gasteiger partial charge on any atom is 0.407 e. The third-order valence-corrected chi connectivity index (χ3v) is 3.93. The summed E-state index contributed by atoms with van der Waals surface area (Å²) in [6, 6.07) is 4.06. The number of hydrogen-bond donors (Lipinski definition) is 1. The molecule has 1 aromatic rings. The molecule has 5 heteroatoms. The third-order valence-electron chi connectivity index (χ3n) is 2.15. The van der Waals surface area contributed by atoms with Crippen LogP contribution in [0.25, 0.3) is 0 Å². The number of carbonyl (C=O) groups is 1. The third kappa shape index (κ3) is 1.71. The maximum atomic E-state index is 10.5. The maximum absolute atomic E-state index is 10.5. The smallest absolute Gasteiger partial charge is 0.407 e. The summed E-state index contributed by atoms with van der Waals surface area (Å²) < 4.78 is 1.11. The predicted molar refractivity (Wildman–Crippen MR) is 54.4 cm³/mol. The Bertz CT molecular complexity index is 333. The quantitative estimate of drug-likeness (QED) is 0.845. The summed E-state index contributed by atoms with van der Waals surface area (Å²) in [5, 5.41) is 8.62. The van der Waals surface area contributed by atoms with E-state index in [1.165, 1.54) is 9.78 Å². The largest absolute Gasteiger partial charge is 0.465 e. The van der Waals surface area contributed by atoms with Crippen LogP contribution < -0.4 is 0 Å². The van der Waals surface area contributed by atoms with E-state index in [9.17, 15) is 4.79 Å². The molecule has 1 N–H and O–H groups in total. The Morgan fingerprint density at radius 3 is 2.77 bits per heavy atom. The molecule has 2 heterocycles. The summed E-state index contributed by atoms with van der Waals surface area (Å²) >= 11 is 5.07. The average Bonchev–Trinajstić information content (AvgIpc) is 2.31. The Morgan fingerprint density at radius 1 is 1.62 bits per heavy atom. The van der Waals surface area contributed by atoms with Gasteiger partial charge in [-0.3, -0.25) is 0 Å². The Morgan fingerprint density at radius 2 is 2.31 bits per heavy atom. The van der Waals surface area contributed by atoms with Gasteiger partial charge < -0.3 is 10.0 Å². The van der Waals surface area contributed by atoms with E-state index >= 15 is 0 Å². The van der Waals surface area contributed by atoms with Gasteiger partial charge in [-0.15, -0.1) is 11.3 Å². The van der Waals surface area contributed by atoms with Crippen molar-refractivity contribution in [1.29, 1.82) is 0 Å². The fraction of sp³-hybridized carbons (Fsp3) is 0.375. The average molecular weight is 262 g/mol. The van der Waals surface area contributed by atoms with E-state index in [2.05, 4.69) is 22.0 Å². The molecule has 0 bridgehead atoms. The molecule has 0 aromatic carbocycles. The monoisotopic (exact) mass is 261 g/mol. The normalized spacial score (nSPS) is 17.2. The van der Waals surface area contributed by atoms with E-state index < -0.39 is 6.09 Å². The Kier molecular flexibility index (Phi) is 2.29. The van der Waals surface area contributed by atoms with Gasteiger partial charge in [0.05, 0.1) is 3.79 Å². The Labute approximate surface area is 88.1 Å². The molecule has 2 rings (SSSR count). The Hall–Kier alpha value is -0.550. The molecule has 0 radical (unpaired) electrons. The molecule has 1 aliphatic heterocycles. The second-order valence-corrected chi connectivity index (χ2v) is 5.52. The molecule has 0 unspecified atom stereocenters. The summed E-state index contributed by atoms with van der Waals surface area (Å²) in [6.07, 6.45) is -0.813. The van der Waals surface area contributed by atoms with Crippen LogP contribution in [0, 0.1) is 0 Å². The lowest BCUT2D eigenvalue weighted by Crippen LogP contribution is -2.47. The first-order valence-corrected chi connectivity index (χ1v) is 5.51. The topological polar surface area (TPSA) is 40.5 Å². The van der Waals surface area contributed by atoms with E-state index in [-0.39, 0.29) is 0 Å². The van der Waals surface area contributed by atoms with Crippen LogP contribution in [0.5, 0.6) is 0 Å². The highest BCUT2D eigenvalue weighted by atomic mass is 79.9. The highest BCUT2D eigenvalue weighted by molar-refractivity contribution is 9.11. The minimum absolute atomic E-state index is 0.410. The molecule has 0 spiro atoms. The SMILES string of the molecule is O=C(O)N1CC(c2ccc(Br)s2)C1. The summed E-state index contributed by atoms with van der Waals surface area (Å²) in [4.78, 5) is 13.2. The second kappa shape index (κ2) is 3.31. The molecule has 3 nitrogen and oxygen atoms in total. The van der Waals surface area contributed by atoms with E-state index in [1.807, 2.05) is 6.07 Å². The van der Waals surface area contributed by atoms with E-state index in [0.717, 1.165) is 3.79 Å². The summed E-state index contributed by atoms with van der Waals surface area (Å²) in [5.74, 6) is 0.410. The molecule has 0 saturated carbocycles. The summed E-state index contributed by atoms with van der Waals surface area (Å²) in [7, 11) is 0. The van der Waals surface area contributed by atoms with Crippen LogP contribution in [0.15, 0.2) is 15.9 Å². The van der Waals surface area contributed by atoms with Crippen LogP contribution in [-0.4, -0.2) is 29.2 Å². The van der Waals surface area contributed by atoms with Gasteiger partial charge in [-0.25, -0.2) is 4.79 Å². The lowest BCUT2D eigenvalue weighted by atomic mass is 9.99. The van der Waals surface area contributed by atoms with Crippen LogP contribution in [0.3, 0.4) is 0 Å². The van der Waals surface area contributed by atoms with Gasteiger partial charge in [-0.1, -0.05) is 0 Å². The minimum atomic E-state index is -0.813. The van der Waals surface area contributed by atoms with Crippen LogP contribution >= 0.6 is 27.3 Å². The van der Waals surface area contributed by atoms with Crippen molar-refractivity contribution in [2.75, 3.05) is 13.1 Å². The lowest BCUT2D eigenvalue weighted by Gasteiger charge is -2.36. The summed E-state index contributed by atoms with van der Waals surface area (Å²) in [6.45, 7) is 1.28. The highest BCUT2D eigenvalue weighted by Crippen LogP contribution is 2.33. The summed E-state index contributed by atoms with van der Waals surface area (Å²) in [5.41, 5.74) is 0. The first kappa shape index (κ1) is 9.02. The number of carboxylic acid groups (broad SMARTS) is 1. The van der Waals surface area contributed by atoms with Crippen molar-refractivity contribution in [1.82, 2.24) is 4.90 Å². The van der Waals surface area contributed by atoms with Crippen LogP contribution in [-0.2, 0) is 0 Å². The van der Waals surface area contributed by atoms with Gasteiger partial charge in [0.25, 0.3) is 0 Å². The number of nitrogens with zero attached hydrogens (tertiary/aromatic N) is 1. The highest BCUT2D eigenvalue weighted by Gasteiger charge is 2.32. The van der Waals surface area contributed by atoms with E-state index in [0.29, 0.717) is 19.0 Å². The van der Waals surface area contributed by atoms with E-state index in [4.69, 9.17) is 5.11 Å². The molecule has 1 fully saturated rings. The molecule has 70 valence electrons. The molecule has 1 saturated heterocycles. The lowest BCUT2D eigenvalue weighted by molar-refractivity contribution is 0.106. The van der Waals surface area contributed by atoms with Crippen molar-refractivity contribution < 1.29 is 9.90 Å². The van der Waals surface area contributed by atoms with Gasteiger partial charge in [0.2, 0.25) is 0 Å². The number of hydrogen-bond acceptors (Lipinski definition) is 2. The van der Waals surface area contributed by atoms with Gasteiger partial charge in [-0.2, -0.15) is 0 Å². The molecular formula is C8H8BrNO2S. The minimum Gasteiger partial charge on any atom is -0.465 e. The molecular weight excluding hydrogens is 254 g/mol. The number of rotatable bonds is 1. The zero-order valence-corrected chi connectivity index (χ0v) is 9.14. The fourth-order valence-corrected chi connectivity index (χ4v) is 2.87. The number of amides is 1. The molecule has 0 atom stereocenters. The number of thiophene rings is 1. The zero-order chi connectivity index (χ0) is 9.42. The van der Waals surface area contributed by atoms with Gasteiger partial charge >= 0.3 is 6.09 Å². The molecule has 13 heavy (non-hydrogen) atoms. The van der Waals surface area contributed by atoms with Crippen molar-refractivity contribution in [3.8, 4) is 0 Å². The van der Waals surface area contributed by atoms with Gasteiger partial charge in [-0.05, 0) is 28.1 Å². The van der Waals surface area contributed by atoms with Crippen LogP contribution in [0.1, 0.15) is 10.8 Å². The molecule has 1 amide bonds. The zero-order valence-electron chi connectivity index (χ0n) is 6.74. The van der Waals surface area contributed by atoms with E-state index in [1.54, 1.807) is 11.3 Å². The molecule has 0 aliphatic carbocycles. The molecule has 1 aromatic heterocycles. The first-order valence-electron chi connectivity index (χ1n) is 3.90. The van der Waals surface area contributed by atoms with Crippen molar-refractivity contribution in [3.63, 3.8) is 0 Å². The predicted octanol–water partition coefficient (Wildman–Crippen LogP) is 2.59. The van der Waals surface area contributed by atoms with Crippen molar-refractivity contribution in [2.45, 2.75) is 5.92 Å². The van der Waals surface area contributed by atoms with Gasteiger partial charge in [0, 0.05) is 23.9 Å². The standard InChI is InChI=1S/C8H8BrNO2S/c9-7-2-1-6(13-7)5-3-10(4-5)8(11)12/h1-2,5H,3-4H2,(H,11,12). The second-order valence-electron chi connectivity index (χ2n) is 3.03. The van der Waals surface area contributed by atoms with Crippen LogP contribution in [0.2, 0.25) is 0 Å². The van der Waals surface area contributed by atoms with Crippen molar-refractivity contribution in [3.05, 3.63) is 20.8 Å². The van der Waals surface area contributed by atoms with Crippen molar-refractivity contribution >= 4 is 33.4 Å². The van der Waals surface area contributed by atoms with Crippen molar-refractivity contribution in [2.24, 2.45) is 0 Å².